The van der Waals surface area contributed by atoms with Crippen molar-refractivity contribution in [1.29, 1.82) is 0 Å². The second-order valence-corrected chi connectivity index (χ2v) is 4.62. The zero-order valence-corrected chi connectivity index (χ0v) is 10.9. The smallest absolute Gasteiger partial charge is 0.266 e. The molecule has 4 nitrogen and oxygen atoms in total. The first kappa shape index (κ1) is 12.6. The van der Waals surface area contributed by atoms with Gasteiger partial charge in [0.05, 0.1) is 16.1 Å². The molecule has 6 heteroatoms. The zero-order valence-electron chi connectivity index (χ0n) is 10.2. The molecule has 2 heterocycles. The van der Waals surface area contributed by atoms with E-state index in [0.29, 0.717) is 16.7 Å². The Hall–Kier alpha value is -2.40. The molecule has 1 aromatic carbocycles. The molecule has 2 N–H and O–H groups in total. The van der Waals surface area contributed by atoms with Crippen molar-refractivity contribution in [3.05, 3.63) is 59.1 Å². The molecule has 0 atom stereocenters. The fourth-order valence-electron chi connectivity index (χ4n) is 2.09. The highest BCUT2D eigenvalue weighted by Gasteiger charge is 2.19. The molecule has 0 unspecified atom stereocenters. The SMILES string of the molecule is Nc1nccc2c1ccn2C(=O)c1c(F)cccc1Cl. The molecule has 3 rings (SSSR count). The van der Waals surface area contributed by atoms with E-state index in [0.717, 1.165) is 0 Å². The molecule has 0 amide bonds. The van der Waals surface area contributed by atoms with Crippen LogP contribution in [-0.2, 0) is 0 Å². The molecule has 0 aliphatic rings. The molecule has 100 valence electrons. The minimum Gasteiger partial charge on any atom is -0.383 e. The summed E-state index contributed by atoms with van der Waals surface area (Å²) in [5, 5.41) is 0.701. The number of hydrogen-bond acceptors (Lipinski definition) is 3. The van der Waals surface area contributed by atoms with Crippen LogP contribution in [0.2, 0.25) is 5.02 Å². The molecule has 0 aliphatic heterocycles. The van der Waals surface area contributed by atoms with Crippen LogP contribution in [0.25, 0.3) is 10.9 Å². The van der Waals surface area contributed by atoms with E-state index >= 15 is 0 Å². The molecular weight excluding hydrogens is 281 g/mol. The van der Waals surface area contributed by atoms with E-state index < -0.39 is 11.7 Å². The van der Waals surface area contributed by atoms with Crippen molar-refractivity contribution in [1.82, 2.24) is 9.55 Å². The van der Waals surface area contributed by atoms with Crippen LogP contribution < -0.4 is 5.73 Å². The number of rotatable bonds is 1. The first-order valence-electron chi connectivity index (χ1n) is 5.80. The lowest BCUT2D eigenvalue weighted by Gasteiger charge is -2.07. The highest BCUT2D eigenvalue weighted by molar-refractivity contribution is 6.34. The van der Waals surface area contributed by atoms with Crippen LogP contribution in [0.15, 0.2) is 42.7 Å². The number of fused-ring (bicyclic) bond motifs is 1. The van der Waals surface area contributed by atoms with Crippen molar-refractivity contribution in [3.63, 3.8) is 0 Å². The summed E-state index contributed by atoms with van der Waals surface area (Å²) >= 11 is 5.91. The van der Waals surface area contributed by atoms with Crippen molar-refractivity contribution >= 4 is 34.2 Å². The number of pyridine rings is 1. The molecule has 0 saturated heterocycles. The van der Waals surface area contributed by atoms with E-state index in [-0.39, 0.29) is 10.6 Å². The minimum absolute atomic E-state index is 0.0684. The van der Waals surface area contributed by atoms with Crippen molar-refractivity contribution in [2.24, 2.45) is 0 Å². The number of carbonyl (C=O) groups excluding carboxylic acids is 1. The lowest BCUT2D eigenvalue weighted by Crippen LogP contribution is -2.13. The van der Waals surface area contributed by atoms with Gasteiger partial charge in [-0.15, -0.1) is 0 Å². The predicted octanol–water partition coefficient (Wildman–Crippen LogP) is 3.10. The number of halogens is 2. The van der Waals surface area contributed by atoms with Crippen LogP contribution in [0.5, 0.6) is 0 Å². The Morgan fingerprint density at radius 3 is 2.85 bits per heavy atom. The number of nitrogens with zero attached hydrogens (tertiary/aromatic N) is 2. The summed E-state index contributed by atoms with van der Waals surface area (Å²) in [6, 6.07) is 7.41. The van der Waals surface area contributed by atoms with Gasteiger partial charge in [-0.3, -0.25) is 9.36 Å². The van der Waals surface area contributed by atoms with Gasteiger partial charge in [-0.25, -0.2) is 9.37 Å². The fourth-order valence-corrected chi connectivity index (χ4v) is 2.33. The van der Waals surface area contributed by atoms with Gasteiger partial charge in [0, 0.05) is 17.8 Å². The van der Waals surface area contributed by atoms with E-state index in [2.05, 4.69) is 4.98 Å². The van der Waals surface area contributed by atoms with Crippen molar-refractivity contribution in [2.45, 2.75) is 0 Å². The summed E-state index contributed by atoms with van der Waals surface area (Å²) in [4.78, 5) is 16.4. The van der Waals surface area contributed by atoms with Gasteiger partial charge in [0.15, 0.2) is 0 Å². The molecule has 0 radical (unpaired) electrons. The van der Waals surface area contributed by atoms with Crippen LogP contribution >= 0.6 is 11.6 Å². The van der Waals surface area contributed by atoms with Gasteiger partial charge in [0.25, 0.3) is 5.91 Å². The lowest BCUT2D eigenvalue weighted by atomic mass is 10.2. The number of nitrogen functional groups attached to an aromatic ring is 1. The number of hydrogen-bond donors (Lipinski definition) is 1. The van der Waals surface area contributed by atoms with Gasteiger partial charge in [-0.2, -0.15) is 0 Å². The first-order chi connectivity index (χ1) is 9.59. The van der Waals surface area contributed by atoms with Gasteiger partial charge < -0.3 is 5.73 Å². The van der Waals surface area contributed by atoms with Crippen LogP contribution in [0, 0.1) is 5.82 Å². The molecule has 20 heavy (non-hydrogen) atoms. The Bertz CT molecular complexity index is 808. The van der Waals surface area contributed by atoms with E-state index in [4.69, 9.17) is 17.3 Å². The Labute approximate surface area is 118 Å². The monoisotopic (exact) mass is 289 g/mol. The lowest BCUT2D eigenvalue weighted by molar-refractivity contribution is 0.0961. The van der Waals surface area contributed by atoms with Crippen molar-refractivity contribution < 1.29 is 9.18 Å². The zero-order chi connectivity index (χ0) is 14.3. The van der Waals surface area contributed by atoms with Gasteiger partial charge in [-0.1, -0.05) is 17.7 Å². The number of aromatic nitrogens is 2. The Kier molecular flexibility index (Phi) is 2.91. The fraction of sp³-hybridized carbons (Fsp3) is 0. The van der Waals surface area contributed by atoms with Crippen LogP contribution in [0.3, 0.4) is 0 Å². The molecule has 0 aliphatic carbocycles. The van der Waals surface area contributed by atoms with Crippen LogP contribution in [-0.4, -0.2) is 15.5 Å². The Balaban J connectivity index is 2.21. The Morgan fingerprint density at radius 2 is 2.10 bits per heavy atom. The number of anilines is 1. The summed E-state index contributed by atoms with van der Waals surface area (Å²) in [5.41, 5.74) is 6.12. The minimum atomic E-state index is -0.661. The molecule has 0 saturated carbocycles. The molecule has 0 bridgehead atoms. The summed E-state index contributed by atoms with van der Waals surface area (Å²) in [5.74, 6) is -0.895. The number of nitrogens with two attached hydrogens (primary N) is 1. The van der Waals surface area contributed by atoms with Gasteiger partial charge in [0.2, 0.25) is 0 Å². The van der Waals surface area contributed by atoms with E-state index in [1.807, 2.05) is 0 Å². The van der Waals surface area contributed by atoms with Gasteiger partial charge in [0.1, 0.15) is 11.6 Å². The molecular formula is C14H9ClFN3O. The maximum absolute atomic E-state index is 13.8. The van der Waals surface area contributed by atoms with Crippen molar-refractivity contribution in [2.75, 3.05) is 5.73 Å². The molecule has 0 fully saturated rings. The molecule has 2 aromatic heterocycles. The molecule has 0 spiro atoms. The quantitative estimate of drug-likeness (QED) is 0.749. The normalized spacial score (nSPS) is 10.9. The van der Waals surface area contributed by atoms with E-state index in [1.54, 1.807) is 12.1 Å². The maximum atomic E-state index is 13.8. The summed E-state index contributed by atoms with van der Waals surface area (Å²) < 4.78 is 15.1. The van der Waals surface area contributed by atoms with Crippen molar-refractivity contribution in [3.8, 4) is 0 Å². The van der Waals surface area contributed by atoms with E-state index in [1.165, 1.54) is 35.2 Å². The number of benzene rings is 1. The van der Waals surface area contributed by atoms with Gasteiger partial charge >= 0.3 is 0 Å². The average Bonchev–Trinajstić information content (AvgIpc) is 2.83. The summed E-state index contributed by atoms with van der Waals surface area (Å²) in [7, 11) is 0. The summed E-state index contributed by atoms with van der Waals surface area (Å²) in [6.45, 7) is 0. The standard InChI is InChI=1S/C14H9ClFN3O/c15-9-2-1-3-10(16)12(9)14(20)19-7-5-8-11(19)4-6-18-13(8)17/h1-7H,(H2,17,18). The van der Waals surface area contributed by atoms with Crippen LogP contribution in [0.4, 0.5) is 10.2 Å². The third-order valence-electron chi connectivity index (χ3n) is 3.04. The largest absolute Gasteiger partial charge is 0.383 e. The summed E-state index contributed by atoms with van der Waals surface area (Å²) in [6.07, 6.45) is 3.01. The van der Waals surface area contributed by atoms with Gasteiger partial charge in [-0.05, 0) is 24.3 Å². The third-order valence-corrected chi connectivity index (χ3v) is 3.36. The van der Waals surface area contributed by atoms with E-state index in [9.17, 15) is 9.18 Å². The predicted molar refractivity (Wildman–Crippen MR) is 75.3 cm³/mol. The van der Waals surface area contributed by atoms with Crippen LogP contribution in [0.1, 0.15) is 10.4 Å². The Morgan fingerprint density at radius 1 is 1.30 bits per heavy atom. The highest BCUT2D eigenvalue weighted by Crippen LogP contribution is 2.24. The number of carbonyl (C=O) groups is 1. The highest BCUT2D eigenvalue weighted by atomic mass is 35.5. The second-order valence-electron chi connectivity index (χ2n) is 4.22. The topological polar surface area (TPSA) is 60.9 Å². The first-order valence-corrected chi connectivity index (χ1v) is 6.17. The maximum Gasteiger partial charge on any atom is 0.266 e. The third kappa shape index (κ3) is 1.83. The molecule has 3 aromatic rings. The average molecular weight is 290 g/mol. The second kappa shape index (κ2) is 4.61.